The number of rotatable bonds is 3. The van der Waals surface area contributed by atoms with Gasteiger partial charge in [0, 0.05) is 30.9 Å². The maximum atomic E-state index is 12.6. The standard InChI is InChI=1S/C15H23N3O/c1-15(16-2)7-10-17(11-8-15)14(19)13-4-3-9-18(13)12-5-6-12/h3-4,9,12,16H,5-8,10-11H2,1-2H3. The van der Waals surface area contributed by atoms with E-state index in [2.05, 4.69) is 16.8 Å². The molecule has 1 saturated heterocycles. The normalized spacial score (nSPS) is 22.5. The summed E-state index contributed by atoms with van der Waals surface area (Å²) in [5.74, 6) is 0.204. The highest BCUT2D eigenvalue weighted by Crippen LogP contribution is 2.36. The van der Waals surface area contributed by atoms with Crippen molar-refractivity contribution in [3.05, 3.63) is 24.0 Å². The monoisotopic (exact) mass is 261 g/mol. The number of nitrogens with one attached hydrogen (secondary N) is 1. The molecule has 0 spiro atoms. The van der Waals surface area contributed by atoms with Crippen LogP contribution >= 0.6 is 0 Å². The summed E-state index contributed by atoms with van der Waals surface area (Å²) in [6, 6.07) is 4.53. The Morgan fingerprint density at radius 1 is 1.37 bits per heavy atom. The number of amides is 1. The smallest absolute Gasteiger partial charge is 0.270 e. The number of carbonyl (C=O) groups is 1. The summed E-state index contributed by atoms with van der Waals surface area (Å²) >= 11 is 0. The minimum absolute atomic E-state index is 0.190. The van der Waals surface area contributed by atoms with Gasteiger partial charge in [0.05, 0.1) is 0 Å². The number of piperidine rings is 1. The van der Waals surface area contributed by atoms with Gasteiger partial charge in [-0.1, -0.05) is 0 Å². The molecule has 2 aliphatic rings. The number of carbonyl (C=O) groups excluding carboxylic acids is 1. The second-order valence-electron chi connectivity index (χ2n) is 6.13. The molecule has 1 aromatic rings. The molecule has 2 fully saturated rings. The molecule has 1 aromatic heterocycles. The van der Waals surface area contributed by atoms with Crippen molar-refractivity contribution >= 4 is 5.91 Å². The van der Waals surface area contributed by atoms with Crippen LogP contribution in [0.2, 0.25) is 0 Å². The molecule has 1 N–H and O–H groups in total. The van der Waals surface area contributed by atoms with Crippen LogP contribution < -0.4 is 5.32 Å². The lowest BCUT2D eigenvalue weighted by molar-refractivity contribution is 0.0651. The molecule has 1 amide bonds. The van der Waals surface area contributed by atoms with Crippen LogP contribution in [0.25, 0.3) is 0 Å². The highest BCUT2D eigenvalue weighted by molar-refractivity contribution is 5.93. The summed E-state index contributed by atoms with van der Waals surface area (Å²) in [4.78, 5) is 14.6. The van der Waals surface area contributed by atoms with Gasteiger partial charge in [-0.05, 0) is 51.8 Å². The fourth-order valence-corrected chi connectivity index (χ4v) is 2.86. The third-order valence-electron chi connectivity index (χ3n) is 4.70. The van der Waals surface area contributed by atoms with Gasteiger partial charge in [-0.2, -0.15) is 0 Å². The Morgan fingerprint density at radius 2 is 2.05 bits per heavy atom. The average molecular weight is 261 g/mol. The third-order valence-corrected chi connectivity index (χ3v) is 4.70. The van der Waals surface area contributed by atoms with Crippen LogP contribution in [-0.4, -0.2) is 41.1 Å². The van der Waals surface area contributed by atoms with E-state index < -0.39 is 0 Å². The van der Waals surface area contributed by atoms with Crippen molar-refractivity contribution in [2.24, 2.45) is 0 Å². The molecule has 104 valence electrons. The molecule has 2 heterocycles. The highest BCUT2D eigenvalue weighted by Gasteiger charge is 2.33. The summed E-state index contributed by atoms with van der Waals surface area (Å²) < 4.78 is 2.16. The summed E-state index contributed by atoms with van der Waals surface area (Å²) in [5, 5.41) is 3.37. The first-order valence-electron chi connectivity index (χ1n) is 7.28. The predicted molar refractivity (Wildman–Crippen MR) is 75.3 cm³/mol. The van der Waals surface area contributed by atoms with Crippen LogP contribution in [0.4, 0.5) is 0 Å². The molecule has 4 nitrogen and oxygen atoms in total. The molecule has 4 heteroatoms. The first kappa shape index (κ1) is 12.7. The first-order chi connectivity index (χ1) is 9.13. The van der Waals surface area contributed by atoms with E-state index in [0.29, 0.717) is 6.04 Å². The van der Waals surface area contributed by atoms with Gasteiger partial charge < -0.3 is 14.8 Å². The topological polar surface area (TPSA) is 37.3 Å². The second kappa shape index (κ2) is 4.67. The van der Waals surface area contributed by atoms with Crippen molar-refractivity contribution in [3.63, 3.8) is 0 Å². The Morgan fingerprint density at radius 3 is 2.63 bits per heavy atom. The number of likely N-dealkylation sites (tertiary alicyclic amines) is 1. The third kappa shape index (κ3) is 2.41. The zero-order valence-electron chi connectivity index (χ0n) is 11.9. The van der Waals surface area contributed by atoms with Crippen molar-refractivity contribution in [1.82, 2.24) is 14.8 Å². The van der Waals surface area contributed by atoms with Gasteiger partial charge in [0.15, 0.2) is 0 Å². The van der Waals surface area contributed by atoms with Gasteiger partial charge in [-0.3, -0.25) is 4.79 Å². The fraction of sp³-hybridized carbons (Fsp3) is 0.667. The van der Waals surface area contributed by atoms with Crippen molar-refractivity contribution < 1.29 is 4.79 Å². The Labute approximate surface area is 114 Å². The fourth-order valence-electron chi connectivity index (χ4n) is 2.86. The Kier molecular flexibility index (Phi) is 3.13. The molecule has 1 aliphatic carbocycles. The van der Waals surface area contributed by atoms with Crippen molar-refractivity contribution in [2.75, 3.05) is 20.1 Å². The summed E-state index contributed by atoms with van der Waals surface area (Å²) in [6.45, 7) is 3.94. The molecule has 0 radical (unpaired) electrons. The maximum Gasteiger partial charge on any atom is 0.270 e. The van der Waals surface area contributed by atoms with E-state index in [-0.39, 0.29) is 11.4 Å². The largest absolute Gasteiger partial charge is 0.340 e. The lowest BCUT2D eigenvalue weighted by Crippen LogP contribution is -2.51. The van der Waals surface area contributed by atoms with Gasteiger partial charge in [0.1, 0.15) is 5.69 Å². The summed E-state index contributed by atoms with van der Waals surface area (Å²) in [5.41, 5.74) is 1.06. The molecule has 1 aliphatic heterocycles. The summed E-state index contributed by atoms with van der Waals surface area (Å²) in [7, 11) is 2.01. The van der Waals surface area contributed by atoms with E-state index in [0.717, 1.165) is 31.6 Å². The number of aromatic nitrogens is 1. The molecule has 3 rings (SSSR count). The van der Waals surface area contributed by atoms with Gasteiger partial charge >= 0.3 is 0 Å². The quantitative estimate of drug-likeness (QED) is 0.904. The maximum absolute atomic E-state index is 12.6. The second-order valence-corrected chi connectivity index (χ2v) is 6.13. The predicted octanol–water partition coefficient (Wildman–Crippen LogP) is 2.04. The molecule has 1 saturated carbocycles. The van der Waals surface area contributed by atoms with E-state index in [4.69, 9.17) is 0 Å². The van der Waals surface area contributed by atoms with Gasteiger partial charge in [-0.25, -0.2) is 0 Å². The number of hydrogen-bond donors (Lipinski definition) is 1. The van der Waals surface area contributed by atoms with E-state index in [1.807, 2.05) is 30.3 Å². The lowest BCUT2D eigenvalue weighted by Gasteiger charge is -2.39. The van der Waals surface area contributed by atoms with Gasteiger partial charge in [0.2, 0.25) is 0 Å². The molecule has 0 bridgehead atoms. The van der Waals surface area contributed by atoms with Crippen LogP contribution in [0, 0.1) is 0 Å². The minimum Gasteiger partial charge on any atom is -0.340 e. The zero-order valence-corrected chi connectivity index (χ0v) is 11.9. The Hall–Kier alpha value is -1.29. The van der Waals surface area contributed by atoms with Gasteiger partial charge in [0.25, 0.3) is 5.91 Å². The first-order valence-corrected chi connectivity index (χ1v) is 7.28. The number of hydrogen-bond acceptors (Lipinski definition) is 2. The minimum atomic E-state index is 0.190. The van der Waals surface area contributed by atoms with E-state index in [1.54, 1.807) is 0 Å². The van der Waals surface area contributed by atoms with Crippen molar-refractivity contribution in [3.8, 4) is 0 Å². The van der Waals surface area contributed by atoms with Crippen molar-refractivity contribution in [1.29, 1.82) is 0 Å². The SMILES string of the molecule is CNC1(C)CCN(C(=O)c2cccn2C2CC2)CC1. The van der Waals surface area contributed by atoms with E-state index in [9.17, 15) is 4.79 Å². The van der Waals surface area contributed by atoms with E-state index in [1.165, 1.54) is 12.8 Å². The molecule has 0 atom stereocenters. The van der Waals surface area contributed by atoms with Crippen LogP contribution in [0.15, 0.2) is 18.3 Å². The van der Waals surface area contributed by atoms with Crippen LogP contribution in [-0.2, 0) is 0 Å². The van der Waals surface area contributed by atoms with Crippen molar-refractivity contribution in [2.45, 2.75) is 44.2 Å². The molecular weight excluding hydrogens is 238 g/mol. The Bertz CT molecular complexity index is 467. The molecular formula is C15H23N3O. The summed E-state index contributed by atoms with van der Waals surface area (Å²) in [6.07, 6.45) is 6.53. The zero-order chi connectivity index (χ0) is 13.5. The van der Waals surface area contributed by atoms with E-state index >= 15 is 0 Å². The van der Waals surface area contributed by atoms with Crippen LogP contribution in [0.3, 0.4) is 0 Å². The number of nitrogens with zero attached hydrogens (tertiary/aromatic N) is 2. The highest BCUT2D eigenvalue weighted by atomic mass is 16.2. The van der Waals surface area contributed by atoms with Gasteiger partial charge in [-0.15, -0.1) is 0 Å². The molecule has 0 aromatic carbocycles. The lowest BCUT2D eigenvalue weighted by atomic mass is 9.90. The molecule has 0 unspecified atom stereocenters. The average Bonchev–Trinajstić information content (AvgIpc) is 3.16. The Balaban J connectivity index is 1.69. The van der Waals surface area contributed by atoms with Crippen LogP contribution in [0.1, 0.15) is 49.1 Å². The molecule has 19 heavy (non-hydrogen) atoms. The van der Waals surface area contributed by atoms with Crippen LogP contribution in [0.5, 0.6) is 0 Å².